The largest absolute Gasteiger partial charge is 0.508 e. The molecule has 0 saturated heterocycles. The molecule has 0 fully saturated rings. The van der Waals surface area contributed by atoms with E-state index in [1.807, 2.05) is 0 Å². The lowest BCUT2D eigenvalue weighted by molar-refractivity contribution is -0.142. The van der Waals surface area contributed by atoms with Crippen LogP contribution in [0.5, 0.6) is 5.75 Å². The van der Waals surface area contributed by atoms with Crippen LogP contribution in [0.3, 0.4) is 0 Å². The van der Waals surface area contributed by atoms with E-state index in [4.69, 9.17) is 11.5 Å². The smallest absolute Gasteiger partial charge is 0.326 e. The van der Waals surface area contributed by atoms with Crippen molar-refractivity contribution in [2.75, 3.05) is 12.0 Å². The molecule has 9 N–H and O–H groups in total. The first-order valence-electron chi connectivity index (χ1n) is 11.8. The fraction of sp³-hybridized carbons (Fsp3) is 0.542. The first-order valence-corrected chi connectivity index (χ1v) is 13.2. The van der Waals surface area contributed by atoms with Crippen molar-refractivity contribution in [1.29, 1.82) is 0 Å². The number of rotatable bonds is 16. The first kappa shape index (κ1) is 31.7. The Bertz CT molecular complexity index is 942. The third-order valence-corrected chi connectivity index (χ3v) is 6.21. The molecule has 4 atom stereocenters. The lowest BCUT2D eigenvalue weighted by Gasteiger charge is -2.26. The average Bonchev–Trinajstić information content (AvgIpc) is 2.83. The molecule has 1 rings (SSSR count). The molecule has 0 saturated carbocycles. The molecule has 0 heterocycles. The standard InChI is InChI=1S/C24H37N5O7S/c1-13(2)20(26)23(34)29-18(12-14-4-6-15(30)7-5-14)22(33)27-16(8-9-19(25)31)21(32)28-17(24(35)36)10-11-37-3/h4-7,13,16-18,20,30H,8-12,26H2,1-3H3,(H2,25,31)(H,27,33)(H,28,32)(H,29,34)(H,35,36). The van der Waals surface area contributed by atoms with Crippen LogP contribution < -0.4 is 27.4 Å². The van der Waals surface area contributed by atoms with Crippen LogP contribution in [0.4, 0.5) is 0 Å². The summed E-state index contributed by atoms with van der Waals surface area (Å²) in [6.45, 7) is 3.50. The molecule has 0 aromatic heterocycles. The minimum atomic E-state index is -1.28. The normalized spacial score (nSPS) is 14.2. The van der Waals surface area contributed by atoms with Crippen molar-refractivity contribution >= 4 is 41.4 Å². The number of hydrogen-bond donors (Lipinski definition) is 7. The van der Waals surface area contributed by atoms with Gasteiger partial charge in [-0.15, -0.1) is 0 Å². The summed E-state index contributed by atoms with van der Waals surface area (Å²) in [7, 11) is 0. The molecule has 4 unspecified atom stereocenters. The second-order valence-corrected chi connectivity index (χ2v) is 9.93. The Morgan fingerprint density at radius 2 is 1.43 bits per heavy atom. The van der Waals surface area contributed by atoms with E-state index >= 15 is 0 Å². The van der Waals surface area contributed by atoms with Crippen LogP contribution in [0.25, 0.3) is 0 Å². The summed E-state index contributed by atoms with van der Waals surface area (Å²) in [6, 6.07) is 1.48. The number of carbonyl (C=O) groups excluding carboxylic acids is 4. The lowest BCUT2D eigenvalue weighted by atomic mass is 10.0. The number of nitrogens with two attached hydrogens (primary N) is 2. The maximum atomic E-state index is 13.3. The molecular formula is C24H37N5O7S. The molecule has 12 nitrogen and oxygen atoms in total. The van der Waals surface area contributed by atoms with Gasteiger partial charge in [-0.1, -0.05) is 26.0 Å². The van der Waals surface area contributed by atoms with Gasteiger partial charge < -0.3 is 37.6 Å². The molecule has 0 aliphatic carbocycles. The monoisotopic (exact) mass is 539 g/mol. The molecule has 1 aromatic carbocycles. The fourth-order valence-corrected chi connectivity index (χ4v) is 3.71. The number of thioether (sulfide) groups is 1. The van der Waals surface area contributed by atoms with E-state index in [0.29, 0.717) is 11.3 Å². The molecule has 13 heteroatoms. The maximum absolute atomic E-state index is 13.3. The minimum Gasteiger partial charge on any atom is -0.508 e. The Morgan fingerprint density at radius 1 is 0.892 bits per heavy atom. The number of phenols is 1. The number of carbonyl (C=O) groups is 5. The van der Waals surface area contributed by atoms with Gasteiger partial charge in [0.15, 0.2) is 0 Å². The third-order valence-electron chi connectivity index (χ3n) is 5.57. The molecule has 4 amide bonds. The van der Waals surface area contributed by atoms with Gasteiger partial charge in [-0.25, -0.2) is 4.79 Å². The van der Waals surface area contributed by atoms with Gasteiger partial charge in [0, 0.05) is 12.8 Å². The molecule has 1 aromatic rings. The molecule has 37 heavy (non-hydrogen) atoms. The molecule has 0 aliphatic rings. The number of carboxylic acid groups (broad SMARTS) is 1. The minimum absolute atomic E-state index is 0.0122. The Hall–Kier alpha value is -3.32. The molecule has 206 valence electrons. The van der Waals surface area contributed by atoms with Crippen LogP contribution in [0.15, 0.2) is 24.3 Å². The van der Waals surface area contributed by atoms with Crippen molar-refractivity contribution in [1.82, 2.24) is 16.0 Å². The Labute approximate surface area is 220 Å². The van der Waals surface area contributed by atoms with Gasteiger partial charge in [0.25, 0.3) is 0 Å². The summed E-state index contributed by atoms with van der Waals surface area (Å²) in [6.07, 6.45) is 1.55. The maximum Gasteiger partial charge on any atom is 0.326 e. The highest BCUT2D eigenvalue weighted by atomic mass is 32.2. The molecule has 0 aliphatic heterocycles. The van der Waals surface area contributed by atoms with E-state index in [9.17, 15) is 34.2 Å². The second kappa shape index (κ2) is 15.7. The Balaban J connectivity index is 3.15. The van der Waals surface area contributed by atoms with Crippen molar-refractivity contribution in [2.45, 2.75) is 63.7 Å². The average molecular weight is 540 g/mol. The van der Waals surface area contributed by atoms with Crippen molar-refractivity contribution in [3.63, 3.8) is 0 Å². The summed E-state index contributed by atoms with van der Waals surface area (Å²) >= 11 is 1.41. The number of aliphatic carboxylic acids is 1. The van der Waals surface area contributed by atoms with E-state index < -0.39 is 53.8 Å². The highest BCUT2D eigenvalue weighted by Gasteiger charge is 2.31. The van der Waals surface area contributed by atoms with Crippen LogP contribution in [0.1, 0.15) is 38.7 Å². The lowest BCUT2D eigenvalue weighted by Crippen LogP contribution is -2.58. The number of carboxylic acids is 1. The van der Waals surface area contributed by atoms with Crippen LogP contribution in [-0.2, 0) is 30.4 Å². The first-order chi connectivity index (χ1) is 17.3. The Morgan fingerprint density at radius 3 is 1.95 bits per heavy atom. The van der Waals surface area contributed by atoms with Crippen molar-refractivity contribution in [2.24, 2.45) is 17.4 Å². The molecule has 0 radical (unpaired) electrons. The van der Waals surface area contributed by atoms with E-state index in [0.717, 1.165) is 0 Å². The number of amides is 4. The predicted octanol–water partition coefficient (Wildman–Crippen LogP) is -0.524. The summed E-state index contributed by atoms with van der Waals surface area (Å²) in [5, 5.41) is 26.5. The number of benzene rings is 1. The predicted molar refractivity (Wildman–Crippen MR) is 139 cm³/mol. The number of phenolic OH excluding ortho intramolecular Hbond substituents is 1. The summed E-state index contributed by atoms with van der Waals surface area (Å²) in [4.78, 5) is 61.7. The van der Waals surface area contributed by atoms with Gasteiger partial charge in [0.2, 0.25) is 23.6 Å². The van der Waals surface area contributed by atoms with Gasteiger partial charge in [-0.3, -0.25) is 19.2 Å². The zero-order chi connectivity index (χ0) is 28.1. The van der Waals surface area contributed by atoms with E-state index in [-0.39, 0.29) is 37.4 Å². The summed E-state index contributed by atoms with van der Waals surface area (Å²) in [5.74, 6) is -3.76. The Kier molecular flexibility index (Phi) is 13.5. The summed E-state index contributed by atoms with van der Waals surface area (Å²) < 4.78 is 0. The number of hydrogen-bond acceptors (Lipinski definition) is 8. The molecule has 0 bridgehead atoms. The van der Waals surface area contributed by atoms with Gasteiger partial charge in [-0.05, 0) is 48.5 Å². The van der Waals surface area contributed by atoms with Crippen molar-refractivity contribution in [3.05, 3.63) is 29.8 Å². The van der Waals surface area contributed by atoms with E-state index in [2.05, 4.69) is 16.0 Å². The van der Waals surface area contributed by atoms with E-state index in [1.54, 1.807) is 32.2 Å². The van der Waals surface area contributed by atoms with Crippen molar-refractivity contribution in [3.8, 4) is 5.75 Å². The number of primary amides is 1. The molecular weight excluding hydrogens is 502 g/mol. The SMILES string of the molecule is CSCCC(NC(=O)C(CCC(N)=O)NC(=O)C(Cc1ccc(O)cc1)NC(=O)C(N)C(C)C)C(=O)O. The van der Waals surface area contributed by atoms with E-state index in [1.165, 1.54) is 23.9 Å². The quantitative estimate of drug-likeness (QED) is 0.144. The van der Waals surface area contributed by atoms with Crippen LogP contribution >= 0.6 is 11.8 Å². The van der Waals surface area contributed by atoms with Gasteiger partial charge >= 0.3 is 5.97 Å². The highest BCUT2D eigenvalue weighted by molar-refractivity contribution is 7.98. The number of nitrogens with one attached hydrogen (secondary N) is 3. The van der Waals surface area contributed by atoms with Gasteiger partial charge in [0.05, 0.1) is 6.04 Å². The fourth-order valence-electron chi connectivity index (χ4n) is 3.24. The van der Waals surface area contributed by atoms with Crippen LogP contribution in [0, 0.1) is 5.92 Å². The zero-order valence-corrected chi connectivity index (χ0v) is 22.0. The second-order valence-electron chi connectivity index (χ2n) is 8.95. The summed E-state index contributed by atoms with van der Waals surface area (Å²) in [5.41, 5.74) is 11.8. The third kappa shape index (κ3) is 11.5. The molecule has 0 spiro atoms. The van der Waals surface area contributed by atoms with Gasteiger partial charge in [-0.2, -0.15) is 11.8 Å². The van der Waals surface area contributed by atoms with Crippen LogP contribution in [-0.4, -0.2) is 76.0 Å². The zero-order valence-electron chi connectivity index (χ0n) is 21.2. The topological polar surface area (TPSA) is 214 Å². The van der Waals surface area contributed by atoms with Crippen LogP contribution in [0.2, 0.25) is 0 Å². The van der Waals surface area contributed by atoms with Crippen molar-refractivity contribution < 1.29 is 34.2 Å². The highest BCUT2D eigenvalue weighted by Crippen LogP contribution is 2.12. The number of aromatic hydroxyl groups is 1. The van der Waals surface area contributed by atoms with Gasteiger partial charge in [0.1, 0.15) is 23.9 Å².